The standard InChI is InChI=1S/C12H11ClFNO4/c13-7-2-1-3-8(14)10(7)11(17)15-5-6(16)4-9(15)12(18)19/h1-3,6,9,16H,4-5H2,(H,18,19)/t6-,9+/m1/s1. The van der Waals surface area contributed by atoms with Crippen LogP contribution in [0.25, 0.3) is 0 Å². The van der Waals surface area contributed by atoms with Crippen molar-refractivity contribution in [3.05, 3.63) is 34.6 Å². The molecule has 1 amide bonds. The van der Waals surface area contributed by atoms with E-state index in [1.807, 2.05) is 0 Å². The zero-order chi connectivity index (χ0) is 14.2. The number of benzene rings is 1. The first-order chi connectivity index (χ1) is 8.91. The quantitative estimate of drug-likeness (QED) is 0.855. The van der Waals surface area contributed by atoms with Crippen molar-refractivity contribution in [1.29, 1.82) is 0 Å². The van der Waals surface area contributed by atoms with E-state index in [-0.39, 0.29) is 23.6 Å². The molecule has 5 nitrogen and oxygen atoms in total. The maximum Gasteiger partial charge on any atom is 0.326 e. The number of hydrogen-bond donors (Lipinski definition) is 2. The molecule has 1 aromatic rings. The summed E-state index contributed by atoms with van der Waals surface area (Å²) in [7, 11) is 0. The summed E-state index contributed by atoms with van der Waals surface area (Å²) >= 11 is 5.77. The van der Waals surface area contributed by atoms with Crippen molar-refractivity contribution in [3.63, 3.8) is 0 Å². The molecule has 1 aliphatic rings. The lowest BCUT2D eigenvalue weighted by molar-refractivity contribution is -0.141. The second kappa shape index (κ2) is 5.14. The van der Waals surface area contributed by atoms with E-state index in [0.29, 0.717) is 0 Å². The number of carboxylic acids is 1. The molecule has 0 radical (unpaired) electrons. The maximum absolute atomic E-state index is 13.6. The van der Waals surface area contributed by atoms with Crippen molar-refractivity contribution in [1.82, 2.24) is 4.90 Å². The van der Waals surface area contributed by atoms with Gasteiger partial charge in [-0.25, -0.2) is 9.18 Å². The van der Waals surface area contributed by atoms with E-state index in [2.05, 4.69) is 0 Å². The third-order valence-electron chi connectivity index (χ3n) is 3.00. The molecule has 1 aromatic carbocycles. The molecule has 2 atom stereocenters. The van der Waals surface area contributed by atoms with Crippen LogP contribution in [-0.4, -0.2) is 45.7 Å². The lowest BCUT2D eigenvalue weighted by Gasteiger charge is -2.21. The highest BCUT2D eigenvalue weighted by molar-refractivity contribution is 6.33. The Morgan fingerprint density at radius 1 is 1.42 bits per heavy atom. The minimum Gasteiger partial charge on any atom is -0.480 e. The zero-order valence-electron chi connectivity index (χ0n) is 9.72. The Balaban J connectivity index is 2.36. The number of halogens is 2. The first kappa shape index (κ1) is 13.8. The van der Waals surface area contributed by atoms with E-state index in [1.54, 1.807) is 0 Å². The minimum atomic E-state index is -1.24. The number of rotatable bonds is 2. The fourth-order valence-corrected chi connectivity index (χ4v) is 2.36. The number of carbonyl (C=O) groups excluding carboxylic acids is 1. The summed E-state index contributed by atoms with van der Waals surface area (Å²) in [6.45, 7) is -0.152. The molecule has 0 unspecified atom stereocenters. The summed E-state index contributed by atoms with van der Waals surface area (Å²) in [6, 6.07) is 2.60. The van der Waals surface area contributed by atoms with Crippen molar-refractivity contribution in [2.75, 3.05) is 6.54 Å². The van der Waals surface area contributed by atoms with E-state index in [9.17, 15) is 19.1 Å². The van der Waals surface area contributed by atoms with E-state index < -0.39 is 29.8 Å². The van der Waals surface area contributed by atoms with Crippen molar-refractivity contribution < 1.29 is 24.2 Å². The van der Waals surface area contributed by atoms with Gasteiger partial charge in [0, 0.05) is 13.0 Å². The van der Waals surface area contributed by atoms with Gasteiger partial charge < -0.3 is 15.1 Å². The number of carboxylic acid groups (broad SMARTS) is 1. The van der Waals surface area contributed by atoms with Crippen LogP contribution >= 0.6 is 11.6 Å². The number of carbonyl (C=O) groups is 2. The number of β-amino-alcohol motifs (C(OH)–C–C–N with tert-alkyl or cyclic N) is 1. The minimum absolute atomic E-state index is 0.0762. The van der Waals surface area contributed by atoms with Gasteiger partial charge in [-0.3, -0.25) is 4.79 Å². The molecule has 2 N–H and O–H groups in total. The first-order valence-corrected chi connectivity index (χ1v) is 5.95. The second-order valence-electron chi connectivity index (χ2n) is 4.30. The van der Waals surface area contributed by atoms with Gasteiger partial charge in [0.15, 0.2) is 0 Å². The molecule has 0 aliphatic carbocycles. The number of hydrogen-bond acceptors (Lipinski definition) is 3. The summed E-state index contributed by atoms with van der Waals surface area (Å²) in [6.07, 6.45) is -1.01. The molecule has 1 heterocycles. The molecule has 1 fully saturated rings. The SMILES string of the molecule is O=C(O)[C@@H]1C[C@@H](O)CN1C(=O)c1c(F)cccc1Cl. The van der Waals surface area contributed by atoms with Crippen molar-refractivity contribution in [2.45, 2.75) is 18.6 Å². The van der Waals surface area contributed by atoms with E-state index in [1.165, 1.54) is 12.1 Å². The fourth-order valence-electron chi connectivity index (χ4n) is 2.12. The maximum atomic E-state index is 13.6. The molecular weight excluding hydrogens is 277 g/mol. The average Bonchev–Trinajstić information content (AvgIpc) is 2.71. The molecule has 0 spiro atoms. The van der Waals surface area contributed by atoms with E-state index in [4.69, 9.17) is 16.7 Å². The molecule has 0 aromatic heterocycles. The van der Waals surface area contributed by atoms with Crippen LogP contribution < -0.4 is 0 Å². The lowest BCUT2D eigenvalue weighted by Crippen LogP contribution is -2.41. The van der Waals surface area contributed by atoms with Gasteiger partial charge in [-0.05, 0) is 12.1 Å². The second-order valence-corrected chi connectivity index (χ2v) is 4.70. The van der Waals surface area contributed by atoms with Crippen LogP contribution in [0.5, 0.6) is 0 Å². The summed E-state index contributed by atoms with van der Waals surface area (Å²) in [5.74, 6) is -2.88. The van der Waals surface area contributed by atoms with Crippen LogP contribution in [0.4, 0.5) is 4.39 Å². The first-order valence-electron chi connectivity index (χ1n) is 5.57. The number of nitrogens with zero attached hydrogens (tertiary/aromatic N) is 1. The van der Waals surface area contributed by atoms with Crippen LogP contribution in [0.1, 0.15) is 16.8 Å². The Bertz CT molecular complexity index is 516. The normalized spacial score (nSPS) is 22.6. The van der Waals surface area contributed by atoms with Crippen LogP contribution in [0, 0.1) is 5.82 Å². The lowest BCUT2D eigenvalue weighted by atomic mass is 10.1. The highest BCUT2D eigenvalue weighted by Gasteiger charge is 2.40. The predicted octanol–water partition coefficient (Wildman–Crippen LogP) is 1.14. The molecular formula is C12H11ClFNO4. The van der Waals surface area contributed by atoms with Gasteiger partial charge in [0.2, 0.25) is 0 Å². The van der Waals surface area contributed by atoms with Crippen LogP contribution in [0.15, 0.2) is 18.2 Å². The molecule has 0 bridgehead atoms. The summed E-state index contributed by atoms with van der Waals surface area (Å²) in [4.78, 5) is 24.1. The highest BCUT2D eigenvalue weighted by atomic mass is 35.5. The Labute approximate surface area is 113 Å². The monoisotopic (exact) mass is 287 g/mol. The van der Waals surface area contributed by atoms with Gasteiger partial charge in [0.1, 0.15) is 11.9 Å². The van der Waals surface area contributed by atoms with Crippen molar-refractivity contribution in [2.24, 2.45) is 0 Å². The molecule has 102 valence electrons. The Morgan fingerprint density at radius 3 is 2.68 bits per heavy atom. The van der Waals surface area contributed by atoms with E-state index >= 15 is 0 Å². The average molecular weight is 288 g/mol. The fraction of sp³-hybridized carbons (Fsp3) is 0.333. The van der Waals surface area contributed by atoms with Gasteiger partial charge in [0.25, 0.3) is 5.91 Å². The Kier molecular flexibility index (Phi) is 3.73. The topological polar surface area (TPSA) is 77.8 Å². The molecule has 0 saturated carbocycles. The van der Waals surface area contributed by atoms with E-state index in [0.717, 1.165) is 11.0 Å². The van der Waals surface area contributed by atoms with Gasteiger partial charge in [0.05, 0.1) is 16.7 Å². The third kappa shape index (κ3) is 2.54. The van der Waals surface area contributed by atoms with Crippen LogP contribution in [0.2, 0.25) is 5.02 Å². The molecule has 1 saturated heterocycles. The van der Waals surface area contributed by atoms with Crippen LogP contribution in [-0.2, 0) is 4.79 Å². The third-order valence-corrected chi connectivity index (χ3v) is 3.32. The molecule has 7 heteroatoms. The number of aliphatic carboxylic acids is 1. The number of aliphatic hydroxyl groups excluding tert-OH is 1. The Hall–Kier alpha value is -1.66. The van der Waals surface area contributed by atoms with Gasteiger partial charge >= 0.3 is 5.97 Å². The summed E-state index contributed by atoms with van der Waals surface area (Å²) in [5, 5.41) is 18.4. The van der Waals surface area contributed by atoms with Crippen LogP contribution in [0.3, 0.4) is 0 Å². The molecule has 1 aliphatic heterocycles. The summed E-state index contributed by atoms with van der Waals surface area (Å²) in [5.41, 5.74) is -0.371. The largest absolute Gasteiger partial charge is 0.480 e. The van der Waals surface area contributed by atoms with Gasteiger partial charge in [-0.1, -0.05) is 17.7 Å². The highest BCUT2D eigenvalue weighted by Crippen LogP contribution is 2.26. The van der Waals surface area contributed by atoms with Crippen molar-refractivity contribution in [3.8, 4) is 0 Å². The smallest absolute Gasteiger partial charge is 0.326 e. The van der Waals surface area contributed by atoms with Gasteiger partial charge in [-0.2, -0.15) is 0 Å². The number of likely N-dealkylation sites (tertiary alicyclic amines) is 1. The van der Waals surface area contributed by atoms with Gasteiger partial charge in [-0.15, -0.1) is 0 Å². The van der Waals surface area contributed by atoms with Crippen molar-refractivity contribution >= 4 is 23.5 Å². The number of aliphatic hydroxyl groups is 1. The number of amides is 1. The molecule has 2 rings (SSSR count). The Morgan fingerprint density at radius 2 is 2.11 bits per heavy atom. The summed E-state index contributed by atoms with van der Waals surface area (Å²) < 4.78 is 13.6. The predicted molar refractivity (Wildman–Crippen MR) is 64.5 cm³/mol. The molecule has 19 heavy (non-hydrogen) atoms. The zero-order valence-corrected chi connectivity index (χ0v) is 10.5.